The number of carbonyl (C=O) groups excluding carboxylic acids is 1. The number of carbonyl (C=O) groups is 1. The Labute approximate surface area is 150 Å². The van der Waals surface area contributed by atoms with E-state index in [1.54, 1.807) is 24.3 Å². The molecule has 0 heterocycles. The first-order valence-corrected chi connectivity index (χ1v) is 9.04. The molecule has 0 aliphatic rings. The SMILES string of the molecule is CCOc1cccc(NC(=O)CSCc2c(Cl)cccc2Cl)c1. The highest BCUT2D eigenvalue weighted by Gasteiger charge is 2.08. The van der Waals surface area contributed by atoms with E-state index in [-0.39, 0.29) is 5.91 Å². The van der Waals surface area contributed by atoms with Crippen molar-refractivity contribution in [1.29, 1.82) is 0 Å². The van der Waals surface area contributed by atoms with Crippen LogP contribution in [0.15, 0.2) is 42.5 Å². The van der Waals surface area contributed by atoms with Crippen LogP contribution in [0.25, 0.3) is 0 Å². The van der Waals surface area contributed by atoms with Gasteiger partial charge < -0.3 is 10.1 Å². The minimum atomic E-state index is -0.0770. The summed E-state index contributed by atoms with van der Waals surface area (Å²) in [4.78, 5) is 12.0. The number of rotatable bonds is 7. The summed E-state index contributed by atoms with van der Waals surface area (Å²) in [7, 11) is 0. The van der Waals surface area contributed by atoms with Gasteiger partial charge in [-0.05, 0) is 36.8 Å². The minimum Gasteiger partial charge on any atom is -0.494 e. The van der Waals surface area contributed by atoms with Crippen LogP contribution in [0.4, 0.5) is 5.69 Å². The average molecular weight is 370 g/mol. The van der Waals surface area contributed by atoms with Gasteiger partial charge in [0.25, 0.3) is 0 Å². The molecule has 0 fully saturated rings. The van der Waals surface area contributed by atoms with Gasteiger partial charge in [0.2, 0.25) is 5.91 Å². The average Bonchev–Trinajstić information content (AvgIpc) is 2.51. The van der Waals surface area contributed by atoms with Crippen LogP contribution in [-0.4, -0.2) is 18.3 Å². The Morgan fingerprint density at radius 1 is 1.17 bits per heavy atom. The highest BCUT2D eigenvalue weighted by molar-refractivity contribution is 7.99. The van der Waals surface area contributed by atoms with Crippen molar-refractivity contribution in [3.8, 4) is 5.75 Å². The van der Waals surface area contributed by atoms with E-state index in [1.807, 2.05) is 25.1 Å². The van der Waals surface area contributed by atoms with Gasteiger partial charge in [-0.2, -0.15) is 0 Å². The number of amides is 1. The van der Waals surface area contributed by atoms with Crippen LogP contribution in [0, 0.1) is 0 Å². The molecule has 0 aliphatic carbocycles. The monoisotopic (exact) mass is 369 g/mol. The maximum absolute atomic E-state index is 12.0. The van der Waals surface area contributed by atoms with Gasteiger partial charge in [-0.25, -0.2) is 0 Å². The fourth-order valence-electron chi connectivity index (χ4n) is 1.94. The predicted molar refractivity (Wildman–Crippen MR) is 98.9 cm³/mol. The van der Waals surface area contributed by atoms with Crippen molar-refractivity contribution in [1.82, 2.24) is 0 Å². The molecule has 0 aliphatic heterocycles. The molecule has 0 radical (unpaired) electrons. The largest absolute Gasteiger partial charge is 0.494 e. The third-order valence-electron chi connectivity index (χ3n) is 2.97. The molecular formula is C17H17Cl2NO2S. The molecule has 1 amide bonds. The van der Waals surface area contributed by atoms with E-state index in [0.29, 0.717) is 28.2 Å². The fourth-order valence-corrected chi connectivity index (χ4v) is 3.51. The first-order chi connectivity index (χ1) is 11.1. The lowest BCUT2D eigenvalue weighted by Crippen LogP contribution is -2.14. The number of nitrogens with one attached hydrogen (secondary N) is 1. The second kappa shape index (κ2) is 9.06. The van der Waals surface area contributed by atoms with Gasteiger partial charge in [0.1, 0.15) is 5.75 Å². The Morgan fingerprint density at radius 2 is 1.87 bits per heavy atom. The number of anilines is 1. The van der Waals surface area contributed by atoms with Crippen LogP contribution in [0.5, 0.6) is 5.75 Å². The number of hydrogen-bond donors (Lipinski definition) is 1. The molecule has 23 heavy (non-hydrogen) atoms. The van der Waals surface area contributed by atoms with E-state index in [0.717, 1.165) is 17.0 Å². The summed E-state index contributed by atoms with van der Waals surface area (Å²) in [5.41, 5.74) is 1.57. The quantitative estimate of drug-likeness (QED) is 0.722. The van der Waals surface area contributed by atoms with E-state index in [2.05, 4.69) is 5.32 Å². The smallest absolute Gasteiger partial charge is 0.234 e. The van der Waals surface area contributed by atoms with Crippen molar-refractivity contribution in [3.63, 3.8) is 0 Å². The Bertz CT molecular complexity index is 659. The molecule has 0 atom stereocenters. The summed E-state index contributed by atoms with van der Waals surface area (Å²) in [6.07, 6.45) is 0. The zero-order valence-electron chi connectivity index (χ0n) is 12.6. The molecule has 0 bridgehead atoms. The van der Waals surface area contributed by atoms with Crippen LogP contribution in [0.2, 0.25) is 10.0 Å². The van der Waals surface area contributed by atoms with Crippen LogP contribution >= 0.6 is 35.0 Å². The standard InChI is InChI=1S/C17H17Cl2NO2S/c1-2-22-13-6-3-5-12(9-13)20-17(21)11-23-10-14-15(18)7-4-8-16(14)19/h3-9H,2,10-11H2,1H3,(H,20,21). The normalized spacial score (nSPS) is 10.4. The van der Waals surface area contributed by atoms with Crippen molar-refractivity contribution < 1.29 is 9.53 Å². The van der Waals surface area contributed by atoms with Gasteiger partial charge >= 0.3 is 0 Å². The highest BCUT2D eigenvalue weighted by atomic mass is 35.5. The van der Waals surface area contributed by atoms with Crippen LogP contribution < -0.4 is 10.1 Å². The summed E-state index contributed by atoms with van der Waals surface area (Å²) in [6.45, 7) is 2.51. The van der Waals surface area contributed by atoms with E-state index < -0.39 is 0 Å². The molecule has 0 spiro atoms. The second-order valence-electron chi connectivity index (χ2n) is 4.70. The molecule has 0 aromatic heterocycles. The van der Waals surface area contributed by atoms with Crippen molar-refractivity contribution in [3.05, 3.63) is 58.1 Å². The zero-order valence-corrected chi connectivity index (χ0v) is 15.0. The van der Waals surface area contributed by atoms with E-state index >= 15 is 0 Å². The molecule has 2 rings (SSSR count). The third kappa shape index (κ3) is 5.65. The molecule has 0 unspecified atom stereocenters. The first kappa shape index (κ1) is 18.0. The minimum absolute atomic E-state index is 0.0770. The van der Waals surface area contributed by atoms with E-state index in [4.69, 9.17) is 27.9 Å². The molecule has 0 saturated heterocycles. The molecule has 0 saturated carbocycles. The van der Waals surface area contributed by atoms with Gasteiger partial charge in [-0.3, -0.25) is 4.79 Å². The Morgan fingerprint density at radius 3 is 2.57 bits per heavy atom. The number of hydrogen-bond acceptors (Lipinski definition) is 3. The molecule has 122 valence electrons. The summed E-state index contributed by atoms with van der Waals surface area (Å²) in [5.74, 6) is 1.57. The number of thioether (sulfide) groups is 1. The Kier molecular flexibility index (Phi) is 7.09. The highest BCUT2D eigenvalue weighted by Crippen LogP contribution is 2.28. The third-order valence-corrected chi connectivity index (χ3v) is 4.64. The zero-order chi connectivity index (χ0) is 16.7. The second-order valence-corrected chi connectivity index (χ2v) is 6.50. The molecule has 3 nitrogen and oxygen atoms in total. The molecule has 2 aromatic rings. The van der Waals surface area contributed by atoms with Crippen LogP contribution in [-0.2, 0) is 10.5 Å². The van der Waals surface area contributed by atoms with Gasteiger partial charge in [0.15, 0.2) is 0 Å². The summed E-state index contributed by atoms with van der Waals surface area (Å²) in [5, 5.41) is 4.09. The maximum atomic E-state index is 12.0. The van der Waals surface area contributed by atoms with E-state index in [9.17, 15) is 4.79 Å². The van der Waals surface area contributed by atoms with Gasteiger partial charge in [-0.1, -0.05) is 35.3 Å². The van der Waals surface area contributed by atoms with Crippen molar-refractivity contribution in [2.45, 2.75) is 12.7 Å². The predicted octanol–water partition coefficient (Wildman–Crippen LogP) is 5.26. The van der Waals surface area contributed by atoms with Crippen LogP contribution in [0.1, 0.15) is 12.5 Å². The fraction of sp³-hybridized carbons (Fsp3) is 0.235. The number of halogens is 2. The van der Waals surface area contributed by atoms with E-state index in [1.165, 1.54) is 11.8 Å². The Balaban J connectivity index is 1.85. The van der Waals surface area contributed by atoms with Gasteiger partial charge in [-0.15, -0.1) is 11.8 Å². The lowest BCUT2D eigenvalue weighted by molar-refractivity contribution is -0.113. The number of benzene rings is 2. The topological polar surface area (TPSA) is 38.3 Å². The molecule has 2 aromatic carbocycles. The Hall–Kier alpha value is -1.36. The van der Waals surface area contributed by atoms with Crippen molar-refractivity contribution in [2.24, 2.45) is 0 Å². The summed E-state index contributed by atoms with van der Waals surface area (Å²) < 4.78 is 5.41. The lowest BCUT2D eigenvalue weighted by atomic mass is 10.2. The van der Waals surface area contributed by atoms with Crippen molar-refractivity contribution >= 4 is 46.6 Å². The van der Waals surface area contributed by atoms with Crippen LogP contribution in [0.3, 0.4) is 0 Å². The summed E-state index contributed by atoms with van der Waals surface area (Å²) in [6, 6.07) is 12.7. The first-order valence-electron chi connectivity index (χ1n) is 7.13. The van der Waals surface area contributed by atoms with Gasteiger partial charge in [0, 0.05) is 27.6 Å². The summed E-state index contributed by atoms with van der Waals surface area (Å²) >= 11 is 13.7. The maximum Gasteiger partial charge on any atom is 0.234 e. The van der Waals surface area contributed by atoms with Crippen molar-refractivity contribution in [2.75, 3.05) is 17.7 Å². The number of ether oxygens (including phenoxy) is 1. The lowest BCUT2D eigenvalue weighted by Gasteiger charge is -2.09. The molecule has 6 heteroatoms. The van der Waals surface area contributed by atoms with Gasteiger partial charge in [0.05, 0.1) is 12.4 Å². The molecular weight excluding hydrogens is 353 g/mol. The molecule has 1 N–H and O–H groups in total.